The fourth-order valence-electron chi connectivity index (χ4n) is 1.98. The summed E-state index contributed by atoms with van der Waals surface area (Å²) >= 11 is 5.18. The van der Waals surface area contributed by atoms with Gasteiger partial charge in [0.25, 0.3) is 0 Å². The third-order valence-electron chi connectivity index (χ3n) is 3.18. The molecule has 0 spiro atoms. The lowest BCUT2D eigenvalue weighted by atomic mass is 9.79. The van der Waals surface area contributed by atoms with Crippen molar-refractivity contribution in [3.63, 3.8) is 0 Å². The Morgan fingerprint density at radius 3 is 2.00 bits per heavy atom. The first kappa shape index (κ1) is 17.7. The van der Waals surface area contributed by atoms with Gasteiger partial charge in [0.15, 0.2) is 0 Å². The summed E-state index contributed by atoms with van der Waals surface area (Å²) in [5.41, 5.74) is 3.19. The highest BCUT2D eigenvalue weighted by molar-refractivity contribution is 7.42. The van der Waals surface area contributed by atoms with Gasteiger partial charge < -0.3 is 9.42 Å². The van der Waals surface area contributed by atoms with Crippen LogP contribution in [0.4, 0.5) is 0 Å². The molecule has 0 aliphatic heterocycles. The van der Waals surface area contributed by atoms with Gasteiger partial charge >= 0.3 is 8.60 Å². The SMILES string of the molecule is Cc1cc(C(C)(C)C)cc(C(C)(C)C)c1OP(O)OCl. The predicted molar refractivity (Wildman–Crippen MR) is 85.3 cm³/mol. The molecule has 0 radical (unpaired) electrons. The molecule has 0 heterocycles. The standard InChI is InChI=1S/C15H24ClO3P/c1-10-8-11(14(2,3)4)9-12(15(5,6)7)13(10)18-20(17)19-16/h8-9,17H,1-7H3. The normalized spacial score (nSPS) is 14.2. The Morgan fingerprint density at radius 2 is 1.60 bits per heavy atom. The highest BCUT2D eigenvalue weighted by atomic mass is 35.5. The van der Waals surface area contributed by atoms with Crippen molar-refractivity contribution in [3.05, 3.63) is 28.8 Å². The van der Waals surface area contributed by atoms with Crippen molar-refractivity contribution in [2.45, 2.75) is 59.3 Å². The summed E-state index contributed by atoms with van der Waals surface area (Å²) in [6.45, 7) is 14.8. The van der Waals surface area contributed by atoms with Gasteiger partial charge in [-0.2, -0.15) is 4.08 Å². The minimum atomic E-state index is -2.11. The Morgan fingerprint density at radius 1 is 1.05 bits per heavy atom. The van der Waals surface area contributed by atoms with Gasteiger partial charge in [-0.05, 0) is 28.9 Å². The first-order chi connectivity index (χ1) is 8.96. The second-order valence-corrected chi connectivity index (χ2v) is 8.28. The van der Waals surface area contributed by atoms with Crippen molar-refractivity contribution in [1.82, 2.24) is 0 Å². The van der Waals surface area contributed by atoms with E-state index in [0.29, 0.717) is 5.75 Å². The zero-order valence-electron chi connectivity index (χ0n) is 13.2. The third-order valence-corrected chi connectivity index (χ3v) is 3.99. The molecular weight excluding hydrogens is 295 g/mol. The van der Waals surface area contributed by atoms with Crippen LogP contribution in [0.5, 0.6) is 5.75 Å². The first-order valence-corrected chi connectivity index (χ1v) is 8.02. The number of rotatable bonds is 3. The van der Waals surface area contributed by atoms with Gasteiger partial charge in [0.2, 0.25) is 0 Å². The van der Waals surface area contributed by atoms with Crippen LogP contribution in [0, 0.1) is 6.92 Å². The van der Waals surface area contributed by atoms with Gasteiger partial charge in [-0.3, -0.25) is 0 Å². The molecule has 3 nitrogen and oxygen atoms in total. The van der Waals surface area contributed by atoms with Crippen molar-refractivity contribution in [1.29, 1.82) is 0 Å². The molecule has 1 unspecified atom stereocenters. The van der Waals surface area contributed by atoms with Crippen LogP contribution in [0.2, 0.25) is 0 Å². The van der Waals surface area contributed by atoms with Gasteiger partial charge in [0, 0.05) is 5.56 Å². The van der Waals surface area contributed by atoms with Gasteiger partial charge in [0.05, 0.1) is 11.9 Å². The third kappa shape index (κ3) is 4.33. The lowest BCUT2D eigenvalue weighted by Crippen LogP contribution is -2.18. The molecular formula is C15H24ClO3P. The van der Waals surface area contributed by atoms with Crippen molar-refractivity contribution in [2.75, 3.05) is 0 Å². The molecule has 1 aromatic carbocycles. The lowest BCUT2D eigenvalue weighted by Gasteiger charge is -2.28. The molecule has 0 bridgehead atoms. The molecule has 0 amide bonds. The average molecular weight is 319 g/mol. The lowest BCUT2D eigenvalue weighted by molar-refractivity contribution is 0.388. The van der Waals surface area contributed by atoms with E-state index >= 15 is 0 Å². The summed E-state index contributed by atoms with van der Waals surface area (Å²) in [7, 11) is -2.11. The maximum absolute atomic E-state index is 9.54. The predicted octanol–water partition coefficient (Wildman–Crippen LogP) is 5.36. The molecule has 0 aliphatic rings. The second-order valence-electron chi connectivity index (χ2n) is 7.07. The van der Waals surface area contributed by atoms with E-state index in [1.54, 1.807) is 0 Å². The summed E-state index contributed by atoms with van der Waals surface area (Å²) in [6, 6.07) is 4.22. The molecule has 114 valence electrons. The van der Waals surface area contributed by atoms with Crippen molar-refractivity contribution < 1.29 is 13.5 Å². The Bertz CT molecular complexity index is 475. The van der Waals surface area contributed by atoms with Gasteiger partial charge in [-0.1, -0.05) is 53.7 Å². The van der Waals surface area contributed by atoms with Crippen LogP contribution >= 0.6 is 20.5 Å². The van der Waals surface area contributed by atoms with Gasteiger partial charge in [0.1, 0.15) is 5.75 Å². The van der Waals surface area contributed by atoms with E-state index in [-0.39, 0.29) is 10.8 Å². The van der Waals surface area contributed by atoms with Crippen LogP contribution < -0.4 is 4.52 Å². The average Bonchev–Trinajstić information content (AvgIpc) is 2.28. The number of halogens is 1. The van der Waals surface area contributed by atoms with E-state index in [0.717, 1.165) is 11.1 Å². The number of aryl methyl sites for hydroxylation is 1. The topological polar surface area (TPSA) is 38.7 Å². The molecule has 0 fully saturated rings. The molecule has 20 heavy (non-hydrogen) atoms. The highest BCUT2D eigenvalue weighted by Crippen LogP contribution is 2.44. The number of hydrogen-bond donors (Lipinski definition) is 1. The van der Waals surface area contributed by atoms with E-state index in [1.165, 1.54) is 5.56 Å². The Labute approximate surface area is 128 Å². The van der Waals surface area contributed by atoms with Crippen LogP contribution in [0.1, 0.15) is 58.2 Å². The fourth-order valence-corrected chi connectivity index (χ4v) is 2.49. The molecule has 1 rings (SSSR count). The molecule has 0 saturated heterocycles. The van der Waals surface area contributed by atoms with Crippen LogP contribution in [0.25, 0.3) is 0 Å². The van der Waals surface area contributed by atoms with Gasteiger partial charge in [-0.25, -0.2) is 0 Å². The number of benzene rings is 1. The van der Waals surface area contributed by atoms with Crippen molar-refractivity contribution in [2.24, 2.45) is 0 Å². The molecule has 1 N–H and O–H groups in total. The fraction of sp³-hybridized carbons (Fsp3) is 0.600. The van der Waals surface area contributed by atoms with E-state index < -0.39 is 8.60 Å². The van der Waals surface area contributed by atoms with Crippen LogP contribution in [0.15, 0.2) is 12.1 Å². The molecule has 5 heteroatoms. The second kappa shape index (κ2) is 6.19. The molecule has 1 aromatic rings. The summed E-state index contributed by atoms with van der Waals surface area (Å²) < 4.78 is 9.83. The van der Waals surface area contributed by atoms with E-state index in [1.807, 2.05) is 6.92 Å². The zero-order chi connectivity index (χ0) is 15.7. The first-order valence-electron chi connectivity index (χ1n) is 6.58. The Hall–Kier alpha value is -0.340. The molecule has 1 atom stereocenters. The molecule has 0 aromatic heterocycles. The van der Waals surface area contributed by atoms with Crippen molar-refractivity contribution >= 4 is 20.5 Å². The molecule has 0 aliphatic carbocycles. The van der Waals surface area contributed by atoms with Crippen molar-refractivity contribution in [3.8, 4) is 5.75 Å². The number of hydrogen-bond acceptors (Lipinski definition) is 3. The summed E-state index contributed by atoms with van der Waals surface area (Å²) in [5, 5.41) is 0. The maximum Gasteiger partial charge on any atom is 0.412 e. The molecule has 0 saturated carbocycles. The summed E-state index contributed by atoms with van der Waals surface area (Å²) in [6.07, 6.45) is 0. The van der Waals surface area contributed by atoms with Crippen LogP contribution in [-0.2, 0) is 14.9 Å². The monoisotopic (exact) mass is 318 g/mol. The Kier molecular flexibility index (Phi) is 5.48. The maximum atomic E-state index is 9.54. The summed E-state index contributed by atoms with van der Waals surface area (Å²) in [4.78, 5) is 9.54. The largest absolute Gasteiger partial charge is 0.425 e. The van der Waals surface area contributed by atoms with E-state index in [9.17, 15) is 4.89 Å². The minimum Gasteiger partial charge on any atom is -0.425 e. The smallest absolute Gasteiger partial charge is 0.412 e. The Balaban J connectivity index is 3.44. The van der Waals surface area contributed by atoms with E-state index in [2.05, 4.69) is 57.8 Å². The highest BCUT2D eigenvalue weighted by Gasteiger charge is 2.26. The van der Waals surface area contributed by atoms with E-state index in [4.69, 9.17) is 16.4 Å². The zero-order valence-corrected chi connectivity index (χ0v) is 14.9. The summed E-state index contributed by atoms with van der Waals surface area (Å²) in [5.74, 6) is 0.653. The minimum absolute atomic E-state index is 0.0518. The van der Waals surface area contributed by atoms with Crippen LogP contribution in [0.3, 0.4) is 0 Å². The van der Waals surface area contributed by atoms with Crippen LogP contribution in [-0.4, -0.2) is 4.89 Å². The quantitative estimate of drug-likeness (QED) is 0.763. The van der Waals surface area contributed by atoms with Gasteiger partial charge in [-0.15, -0.1) is 0 Å².